The largest absolute Gasteiger partial charge is 0.193 e. The van der Waals surface area contributed by atoms with Crippen LogP contribution >= 0.6 is 0 Å². The number of hydrogen-bond acceptors (Lipinski definition) is 1. The molecule has 0 fully saturated rings. The maximum absolute atomic E-state index is 8.47. The molecule has 1 nitrogen and oxygen atoms in total. The fourth-order valence-corrected chi connectivity index (χ4v) is 1.64. The zero-order valence-corrected chi connectivity index (χ0v) is 12.2. The van der Waals surface area contributed by atoms with Crippen molar-refractivity contribution in [1.29, 1.82) is 5.26 Å². The highest BCUT2D eigenvalue weighted by atomic mass is 14.2. The van der Waals surface area contributed by atoms with Crippen molar-refractivity contribution in [2.24, 2.45) is 0 Å². The molecule has 0 rings (SSSR count). The Morgan fingerprint density at radius 2 is 1.83 bits per heavy atom. The highest BCUT2D eigenvalue weighted by molar-refractivity contribution is 5.26. The third-order valence-corrected chi connectivity index (χ3v) is 2.71. The molecule has 0 aromatic heterocycles. The maximum atomic E-state index is 8.47. The molecule has 0 unspecified atom stereocenters. The molecule has 0 aliphatic heterocycles. The van der Waals surface area contributed by atoms with Crippen molar-refractivity contribution in [1.82, 2.24) is 0 Å². The molecule has 0 bridgehead atoms. The van der Waals surface area contributed by atoms with Crippen molar-refractivity contribution in [3.8, 4) is 6.07 Å². The minimum Gasteiger partial charge on any atom is -0.193 e. The van der Waals surface area contributed by atoms with E-state index >= 15 is 0 Å². The van der Waals surface area contributed by atoms with Crippen LogP contribution in [0.25, 0.3) is 0 Å². The fourth-order valence-electron chi connectivity index (χ4n) is 1.64. The number of rotatable bonds is 7. The van der Waals surface area contributed by atoms with Crippen LogP contribution in [0.1, 0.15) is 53.4 Å². The van der Waals surface area contributed by atoms with E-state index in [4.69, 9.17) is 5.26 Å². The highest BCUT2D eigenvalue weighted by Gasteiger charge is 1.89. The Bertz CT molecular complexity index is 386. The molecule has 0 aliphatic carbocycles. The van der Waals surface area contributed by atoms with Crippen molar-refractivity contribution in [2.75, 3.05) is 0 Å². The Morgan fingerprint density at radius 1 is 1.11 bits per heavy atom. The summed E-state index contributed by atoms with van der Waals surface area (Å²) in [5, 5.41) is 8.47. The van der Waals surface area contributed by atoms with Gasteiger partial charge in [0.05, 0.1) is 6.07 Å². The summed E-state index contributed by atoms with van der Waals surface area (Å²) in [5.41, 5.74) is 3.85. The normalized spacial score (nSPS) is 14.1. The van der Waals surface area contributed by atoms with Gasteiger partial charge in [-0.3, -0.25) is 0 Å². The minimum atomic E-state index is 0.986. The third kappa shape index (κ3) is 9.66. The molecular weight excluding hydrogens is 218 g/mol. The molecule has 0 aromatic rings. The second kappa shape index (κ2) is 10.6. The van der Waals surface area contributed by atoms with E-state index in [1.54, 1.807) is 6.08 Å². The van der Waals surface area contributed by atoms with Crippen LogP contribution in [0.3, 0.4) is 0 Å². The Balaban J connectivity index is 4.11. The van der Waals surface area contributed by atoms with Crippen LogP contribution in [0.15, 0.2) is 47.1 Å². The second-order valence-electron chi connectivity index (χ2n) is 4.73. The SMILES string of the molecule is CCC/C(C)=C\CC\C(C)=C/C=C\C(C)=C\C#N. The summed E-state index contributed by atoms with van der Waals surface area (Å²) in [7, 11) is 0. The third-order valence-electron chi connectivity index (χ3n) is 2.71. The average Bonchev–Trinajstić information content (AvgIpc) is 2.29. The molecule has 18 heavy (non-hydrogen) atoms. The van der Waals surface area contributed by atoms with Gasteiger partial charge in [-0.15, -0.1) is 0 Å². The van der Waals surface area contributed by atoms with Gasteiger partial charge in [-0.05, 0) is 45.6 Å². The molecule has 0 heterocycles. The quantitative estimate of drug-likeness (QED) is 0.330. The van der Waals surface area contributed by atoms with Gasteiger partial charge in [0.15, 0.2) is 0 Å². The van der Waals surface area contributed by atoms with Crippen molar-refractivity contribution >= 4 is 0 Å². The number of allylic oxidation sites excluding steroid dienone is 8. The van der Waals surface area contributed by atoms with E-state index in [1.807, 2.05) is 25.1 Å². The number of nitrogens with zero attached hydrogens (tertiary/aromatic N) is 1. The summed E-state index contributed by atoms with van der Waals surface area (Å²) in [6, 6.07) is 2.02. The summed E-state index contributed by atoms with van der Waals surface area (Å²) in [6.07, 6.45) is 14.7. The Kier molecular flexibility index (Phi) is 9.68. The van der Waals surface area contributed by atoms with Crippen molar-refractivity contribution in [3.63, 3.8) is 0 Å². The smallest absolute Gasteiger partial charge is 0.0914 e. The summed E-state index contributed by atoms with van der Waals surface area (Å²) >= 11 is 0. The lowest BCUT2D eigenvalue weighted by Crippen LogP contribution is -1.79. The van der Waals surface area contributed by atoms with Gasteiger partial charge in [-0.25, -0.2) is 0 Å². The van der Waals surface area contributed by atoms with Crippen LogP contribution in [-0.4, -0.2) is 0 Å². The predicted octanol–water partition coefficient (Wildman–Crippen LogP) is 5.49. The Hall–Kier alpha value is -1.55. The highest BCUT2D eigenvalue weighted by Crippen LogP contribution is 2.10. The first-order valence-electron chi connectivity index (χ1n) is 6.66. The van der Waals surface area contributed by atoms with Crippen LogP contribution in [-0.2, 0) is 0 Å². The first-order valence-corrected chi connectivity index (χ1v) is 6.66. The number of hydrogen-bond donors (Lipinski definition) is 0. The van der Waals surface area contributed by atoms with E-state index in [9.17, 15) is 0 Å². The minimum absolute atomic E-state index is 0.986. The van der Waals surface area contributed by atoms with Gasteiger partial charge < -0.3 is 0 Å². The van der Waals surface area contributed by atoms with Crippen LogP contribution < -0.4 is 0 Å². The van der Waals surface area contributed by atoms with Crippen molar-refractivity contribution in [2.45, 2.75) is 53.4 Å². The van der Waals surface area contributed by atoms with E-state index < -0.39 is 0 Å². The summed E-state index contributed by atoms with van der Waals surface area (Å²) < 4.78 is 0. The monoisotopic (exact) mass is 243 g/mol. The molecule has 0 aliphatic rings. The van der Waals surface area contributed by atoms with E-state index in [0.717, 1.165) is 18.4 Å². The molecule has 0 saturated heterocycles. The fraction of sp³-hybridized carbons (Fsp3) is 0.471. The second-order valence-corrected chi connectivity index (χ2v) is 4.73. The maximum Gasteiger partial charge on any atom is 0.0914 e. The molecule has 0 saturated carbocycles. The Morgan fingerprint density at radius 3 is 2.44 bits per heavy atom. The summed E-state index contributed by atoms with van der Waals surface area (Å²) in [5.74, 6) is 0. The molecule has 98 valence electrons. The zero-order chi connectivity index (χ0) is 13.8. The van der Waals surface area contributed by atoms with Crippen molar-refractivity contribution < 1.29 is 0 Å². The van der Waals surface area contributed by atoms with Gasteiger partial charge >= 0.3 is 0 Å². The lowest BCUT2D eigenvalue weighted by Gasteiger charge is -1.99. The molecular formula is C17H25N. The van der Waals surface area contributed by atoms with Crippen LogP contribution in [0, 0.1) is 11.3 Å². The van der Waals surface area contributed by atoms with E-state index in [-0.39, 0.29) is 0 Å². The molecule has 0 spiro atoms. The van der Waals surface area contributed by atoms with Crippen molar-refractivity contribution in [3.05, 3.63) is 47.1 Å². The first-order chi connectivity index (χ1) is 8.60. The van der Waals surface area contributed by atoms with Gasteiger partial charge in [0.25, 0.3) is 0 Å². The predicted molar refractivity (Wildman–Crippen MR) is 80.2 cm³/mol. The van der Waals surface area contributed by atoms with Gasteiger partial charge in [0, 0.05) is 6.08 Å². The molecule has 1 heteroatoms. The zero-order valence-electron chi connectivity index (χ0n) is 12.2. The molecule has 0 aromatic carbocycles. The summed E-state index contributed by atoms with van der Waals surface area (Å²) in [4.78, 5) is 0. The van der Waals surface area contributed by atoms with E-state index in [2.05, 4.69) is 32.9 Å². The molecule has 0 radical (unpaired) electrons. The topological polar surface area (TPSA) is 23.8 Å². The molecule has 0 N–H and O–H groups in total. The van der Waals surface area contributed by atoms with Gasteiger partial charge in [-0.2, -0.15) is 5.26 Å². The summed E-state index contributed by atoms with van der Waals surface area (Å²) in [6.45, 7) is 8.50. The van der Waals surface area contributed by atoms with E-state index in [0.29, 0.717) is 0 Å². The first kappa shape index (κ1) is 16.4. The molecule has 0 amide bonds. The molecule has 0 atom stereocenters. The van der Waals surface area contributed by atoms with Gasteiger partial charge in [0.1, 0.15) is 0 Å². The van der Waals surface area contributed by atoms with Crippen LogP contribution in [0.4, 0.5) is 0 Å². The van der Waals surface area contributed by atoms with Gasteiger partial charge in [0.2, 0.25) is 0 Å². The van der Waals surface area contributed by atoms with Crippen LogP contribution in [0.5, 0.6) is 0 Å². The number of nitriles is 1. The van der Waals surface area contributed by atoms with Crippen LogP contribution in [0.2, 0.25) is 0 Å². The lowest BCUT2D eigenvalue weighted by atomic mass is 10.1. The Labute approximate surface area is 112 Å². The average molecular weight is 243 g/mol. The lowest BCUT2D eigenvalue weighted by molar-refractivity contribution is 0.881. The van der Waals surface area contributed by atoms with Gasteiger partial charge in [-0.1, -0.05) is 48.8 Å². The van der Waals surface area contributed by atoms with E-state index in [1.165, 1.54) is 24.0 Å². The standard InChI is InChI=1S/C17H25N/c1-5-8-15(2)9-6-10-16(3)11-7-12-17(4)13-14-18/h7,9,11-13H,5-6,8,10H2,1-4H3/b12-7-,15-9-,16-11-,17-13+.